The van der Waals surface area contributed by atoms with Gasteiger partial charge < -0.3 is 19.8 Å². The highest BCUT2D eigenvalue weighted by Crippen LogP contribution is 2.66. The third-order valence-corrected chi connectivity index (χ3v) is 10.8. The standard InChI is InChI=1S/C33H42N2O4/c1-34(28(37)11-7-3-6-10-22-8-4-2-5-9-22)25-16-17-33(38)27-20-24-14-15-26(36)30-29(24)32(33,31(25)39-30)18-19-35(27)21-23-12-13-23/h2,4-5,8-9,14-15,23,25,27,31,36,38H,3,6-7,10-13,16-21H2,1H3/t25-,27-,31-,32-,33+/m0/s1. The number of ether oxygens (including phenoxy) is 1. The molecule has 3 aliphatic carbocycles. The Morgan fingerprint density at radius 1 is 1.08 bits per heavy atom. The molecule has 1 amide bonds. The highest BCUT2D eigenvalue weighted by molar-refractivity contribution is 5.76. The number of amides is 1. The number of aliphatic hydroxyl groups is 1. The third kappa shape index (κ3) is 3.93. The minimum atomic E-state index is -0.908. The quantitative estimate of drug-likeness (QED) is 0.464. The van der Waals surface area contributed by atoms with Crippen LogP contribution in [0.25, 0.3) is 0 Å². The normalized spacial score (nSPS) is 32.4. The summed E-state index contributed by atoms with van der Waals surface area (Å²) in [6.45, 7) is 2.00. The van der Waals surface area contributed by atoms with Crippen molar-refractivity contribution in [1.29, 1.82) is 0 Å². The lowest BCUT2D eigenvalue weighted by Gasteiger charge is -2.64. The zero-order valence-electron chi connectivity index (χ0n) is 23.1. The molecule has 6 nitrogen and oxygen atoms in total. The largest absolute Gasteiger partial charge is 0.504 e. The van der Waals surface area contributed by atoms with E-state index in [1.54, 1.807) is 6.07 Å². The smallest absolute Gasteiger partial charge is 0.222 e. The van der Waals surface area contributed by atoms with E-state index in [0.717, 1.165) is 69.5 Å². The Balaban J connectivity index is 1.10. The van der Waals surface area contributed by atoms with Crippen molar-refractivity contribution >= 4 is 5.91 Å². The SMILES string of the molecule is CN(C(=O)CCCCCc1ccccc1)[C@H]1CC[C@@]2(O)[C@@H]3Cc4ccc(O)c5c4[C@@]2(CCN3CC2CC2)[C@H]1O5. The van der Waals surface area contributed by atoms with E-state index in [4.69, 9.17) is 4.74 Å². The summed E-state index contributed by atoms with van der Waals surface area (Å²) in [5, 5.41) is 23.5. The number of phenols is 1. The van der Waals surface area contributed by atoms with Gasteiger partial charge in [0.05, 0.1) is 17.1 Å². The molecule has 0 aromatic heterocycles. The topological polar surface area (TPSA) is 73.2 Å². The number of carbonyl (C=O) groups is 1. The molecule has 2 aromatic carbocycles. The van der Waals surface area contributed by atoms with Gasteiger partial charge in [0, 0.05) is 31.6 Å². The number of nitrogens with zero attached hydrogens (tertiary/aromatic N) is 2. The monoisotopic (exact) mass is 530 g/mol. The predicted octanol–water partition coefficient (Wildman–Crippen LogP) is 4.59. The fourth-order valence-corrected chi connectivity index (χ4v) is 8.64. The molecule has 0 unspecified atom stereocenters. The van der Waals surface area contributed by atoms with E-state index in [2.05, 4.69) is 29.2 Å². The molecule has 6 heteroatoms. The molecule has 39 heavy (non-hydrogen) atoms. The zero-order valence-corrected chi connectivity index (χ0v) is 23.1. The lowest BCUT2D eigenvalue weighted by atomic mass is 9.48. The van der Waals surface area contributed by atoms with Gasteiger partial charge in [0.15, 0.2) is 11.5 Å². The van der Waals surface area contributed by atoms with Gasteiger partial charge >= 0.3 is 0 Å². The number of phenolic OH excluding ortho intramolecular Hbond substituents is 1. The van der Waals surface area contributed by atoms with Gasteiger partial charge in [0.2, 0.25) is 5.91 Å². The van der Waals surface area contributed by atoms with Crippen LogP contribution >= 0.6 is 0 Å². The van der Waals surface area contributed by atoms with Crippen molar-refractivity contribution in [2.45, 2.75) is 99.8 Å². The molecule has 208 valence electrons. The molecule has 2 bridgehead atoms. The summed E-state index contributed by atoms with van der Waals surface area (Å²) < 4.78 is 6.66. The third-order valence-electron chi connectivity index (χ3n) is 10.8. The van der Waals surface area contributed by atoms with Gasteiger partial charge in [0.25, 0.3) is 0 Å². The second-order valence-electron chi connectivity index (χ2n) is 12.9. The molecule has 7 rings (SSSR count). The Kier molecular flexibility index (Phi) is 6.20. The summed E-state index contributed by atoms with van der Waals surface area (Å²) in [6.07, 6.45) is 9.83. The van der Waals surface area contributed by atoms with E-state index in [9.17, 15) is 15.0 Å². The Morgan fingerprint density at radius 2 is 1.90 bits per heavy atom. The van der Waals surface area contributed by atoms with Crippen LogP contribution in [0.3, 0.4) is 0 Å². The molecule has 0 radical (unpaired) electrons. The number of carbonyl (C=O) groups excluding carboxylic acids is 1. The first-order valence-corrected chi connectivity index (χ1v) is 15.2. The number of aryl methyl sites for hydroxylation is 1. The summed E-state index contributed by atoms with van der Waals surface area (Å²) in [5.74, 6) is 1.63. The van der Waals surface area contributed by atoms with Crippen molar-refractivity contribution in [3.05, 3.63) is 59.2 Å². The molecule has 2 aromatic rings. The van der Waals surface area contributed by atoms with Crippen LogP contribution in [0.15, 0.2) is 42.5 Å². The van der Waals surface area contributed by atoms with Crippen molar-refractivity contribution < 1.29 is 19.7 Å². The summed E-state index contributed by atoms with van der Waals surface area (Å²) in [4.78, 5) is 17.9. The van der Waals surface area contributed by atoms with Gasteiger partial charge in [-0.15, -0.1) is 0 Å². The molecule has 3 fully saturated rings. The van der Waals surface area contributed by atoms with Crippen molar-refractivity contribution in [3.63, 3.8) is 0 Å². The van der Waals surface area contributed by atoms with Crippen LogP contribution in [0.5, 0.6) is 11.5 Å². The molecule has 1 spiro atoms. The van der Waals surface area contributed by atoms with Gasteiger partial charge in [0.1, 0.15) is 6.10 Å². The van der Waals surface area contributed by atoms with Crippen LogP contribution in [0.4, 0.5) is 0 Å². The van der Waals surface area contributed by atoms with Crippen LogP contribution in [0.2, 0.25) is 0 Å². The summed E-state index contributed by atoms with van der Waals surface area (Å²) >= 11 is 0. The summed E-state index contributed by atoms with van der Waals surface area (Å²) in [7, 11) is 1.92. The lowest BCUT2D eigenvalue weighted by Crippen LogP contribution is -2.78. The zero-order chi connectivity index (χ0) is 26.8. The van der Waals surface area contributed by atoms with Crippen molar-refractivity contribution in [3.8, 4) is 11.5 Å². The highest BCUT2D eigenvalue weighted by Gasteiger charge is 2.73. The minimum absolute atomic E-state index is 0.0625. The Bertz CT molecular complexity index is 1250. The number of hydrogen-bond acceptors (Lipinski definition) is 5. The average Bonchev–Trinajstić information content (AvgIpc) is 3.68. The molecule has 1 saturated heterocycles. The molecule has 5 aliphatic rings. The van der Waals surface area contributed by atoms with Gasteiger partial charge in [-0.3, -0.25) is 9.69 Å². The van der Waals surface area contributed by atoms with E-state index in [-0.39, 0.29) is 29.8 Å². The number of likely N-dealkylation sites (N-methyl/N-ethyl adjacent to an activating group) is 1. The maximum Gasteiger partial charge on any atom is 0.222 e. The number of benzene rings is 2. The average molecular weight is 531 g/mol. The first-order valence-electron chi connectivity index (χ1n) is 15.2. The summed E-state index contributed by atoms with van der Waals surface area (Å²) in [5.41, 5.74) is 2.10. The van der Waals surface area contributed by atoms with Crippen LogP contribution < -0.4 is 4.74 Å². The summed E-state index contributed by atoms with van der Waals surface area (Å²) in [6, 6.07) is 14.3. The van der Waals surface area contributed by atoms with Crippen molar-refractivity contribution in [2.75, 3.05) is 20.1 Å². The number of unbranched alkanes of at least 4 members (excludes halogenated alkanes) is 2. The van der Waals surface area contributed by atoms with E-state index < -0.39 is 11.0 Å². The Hall–Kier alpha value is -2.57. The molecular formula is C33H42N2O4. The number of likely N-dealkylation sites (tertiary alicyclic amines) is 1. The van der Waals surface area contributed by atoms with E-state index in [1.165, 1.54) is 24.0 Å². The second-order valence-corrected chi connectivity index (χ2v) is 12.9. The molecule has 2 aliphatic heterocycles. The van der Waals surface area contributed by atoms with E-state index in [0.29, 0.717) is 18.6 Å². The van der Waals surface area contributed by atoms with E-state index in [1.807, 2.05) is 24.1 Å². The van der Waals surface area contributed by atoms with Crippen LogP contribution in [-0.4, -0.2) is 69.8 Å². The van der Waals surface area contributed by atoms with Crippen molar-refractivity contribution in [2.24, 2.45) is 5.92 Å². The van der Waals surface area contributed by atoms with Crippen molar-refractivity contribution in [1.82, 2.24) is 9.80 Å². The Labute approximate surface area is 232 Å². The second kappa shape index (κ2) is 9.52. The molecule has 2 saturated carbocycles. The van der Waals surface area contributed by atoms with Crippen LogP contribution in [0.1, 0.15) is 74.5 Å². The molecule has 5 atom stereocenters. The first kappa shape index (κ1) is 25.4. The van der Waals surface area contributed by atoms with Gasteiger partial charge in [-0.2, -0.15) is 0 Å². The molecular weight excluding hydrogens is 488 g/mol. The van der Waals surface area contributed by atoms with Crippen LogP contribution in [-0.2, 0) is 23.1 Å². The van der Waals surface area contributed by atoms with Gasteiger partial charge in [-0.25, -0.2) is 0 Å². The van der Waals surface area contributed by atoms with Crippen LogP contribution in [0, 0.1) is 5.92 Å². The number of piperidine rings is 1. The fourth-order valence-electron chi connectivity index (χ4n) is 8.64. The molecule has 2 N–H and O–H groups in total. The maximum absolute atomic E-state index is 13.4. The van der Waals surface area contributed by atoms with Gasteiger partial charge in [-0.05, 0) is 87.4 Å². The first-order chi connectivity index (χ1) is 18.9. The number of aromatic hydroxyl groups is 1. The highest BCUT2D eigenvalue weighted by atomic mass is 16.5. The minimum Gasteiger partial charge on any atom is -0.504 e. The van der Waals surface area contributed by atoms with E-state index >= 15 is 0 Å². The number of hydrogen-bond donors (Lipinski definition) is 2. The number of rotatable bonds is 9. The Morgan fingerprint density at radius 3 is 2.69 bits per heavy atom. The maximum atomic E-state index is 13.4. The predicted molar refractivity (Wildman–Crippen MR) is 150 cm³/mol. The molecule has 2 heterocycles. The lowest BCUT2D eigenvalue weighted by molar-refractivity contribution is -0.200. The van der Waals surface area contributed by atoms with Gasteiger partial charge in [-0.1, -0.05) is 42.8 Å². The fraction of sp³-hybridized carbons (Fsp3) is 0.606.